The Bertz CT molecular complexity index is 668. The highest BCUT2D eigenvalue weighted by atomic mass is 16.5. The van der Waals surface area contributed by atoms with Gasteiger partial charge in [0.2, 0.25) is 5.91 Å². The lowest BCUT2D eigenvalue weighted by Crippen LogP contribution is -2.42. The Balaban J connectivity index is 1.42. The summed E-state index contributed by atoms with van der Waals surface area (Å²) in [6, 6.07) is 8.29. The van der Waals surface area contributed by atoms with E-state index in [0.29, 0.717) is 19.7 Å². The van der Waals surface area contributed by atoms with E-state index in [1.807, 2.05) is 13.0 Å². The summed E-state index contributed by atoms with van der Waals surface area (Å²) in [5, 5.41) is 3.06. The lowest BCUT2D eigenvalue weighted by atomic mass is 9.97. The summed E-state index contributed by atoms with van der Waals surface area (Å²) >= 11 is 0. The molecule has 0 unspecified atom stereocenters. The summed E-state index contributed by atoms with van der Waals surface area (Å²) in [6.45, 7) is 9.03. The number of carbonyl (C=O) groups is 2. The van der Waals surface area contributed by atoms with Crippen LogP contribution in [0.4, 0.5) is 0 Å². The van der Waals surface area contributed by atoms with E-state index in [1.54, 1.807) is 0 Å². The van der Waals surface area contributed by atoms with Crippen LogP contribution < -0.4 is 5.32 Å². The molecule has 0 spiro atoms. The first-order valence-electron chi connectivity index (χ1n) is 10.7. The van der Waals surface area contributed by atoms with Gasteiger partial charge in [-0.2, -0.15) is 0 Å². The number of rotatable bonds is 8. The zero-order valence-electron chi connectivity index (χ0n) is 17.4. The van der Waals surface area contributed by atoms with E-state index < -0.39 is 0 Å². The number of nitrogens with one attached hydrogen (secondary N) is 1. The molecule has 1 amide bonds. The quantitative estimate of drug-likeness (QED) is 0.662. The molecule has 1 aromatic carbocycles. The minimum atomic E-state index is -0.103. The molecule has 3 rings (SSSR count). The molecule has 1 aromatic rings. The molecule has 2 saturated heterocycles. The molecule has 29 heavy (non-hydrogen) atoms. The first-order valence-corrected chi connectivity index (χ1v) is 10.7. The van der Waals surface area contributed by atoms with Crippen molar-refractivity contribution in [2.24, 2.45) is 5.92 Å². The van der Waals surface area contributed by atoms with Crippen LogP contribution in [0.3, 0.4) is 0 Å². The number of likely N-dealkylation sites (tertiary alicyclic amines) is 1. The summed E-state index contributed by atoms with van der Waals surface area (Å²) in [7, 11) is 0. The fourth-order valence-electron chi connectivity index (χ4n) is 3.92. The number of hydrogen-bond acceptors (Lipinski definition) is 6. The van der Waals surface area contributed by atoms with E-state index in [4.69, 9.17) is 9.47 Å². The van der Waals surface area contributed by atoms with Crippen molar-refractivity contribution in [2.75, 3.05) is 52.5 Å². The average Bonchev–Trinajstić information content (AvgIpc) is 2.74. The number of hydrogen-bond donors (Lipinski definition) is 1. The molecule has 0 bridgehead atoms. The smallest absolute Gasteiger partial charge is 0.309 e. The third-order valence-electron chi connectivity index (χ3n) is 5.67. The Hall–Kier alpha value is -1.96. The normalized spacial score (nSPS) is 19.1. The summed E-state index contributed by atoms with van der Waals surface area (Å²) in [6.07, 6.45) is 1.52. The van der Waals surface area contributed by atoms with Crippen LogP contribution in [0.2, 0.25) is 0 Å². The molecule has 0 aromatic heterocycles. The van der Waals surface area contributed by atoms with E-state index in [1.165, 1.54) is 5.56 Å². The third kappa shape index (κ3) is 6.80. The van der Waals surface area contributed by atoms with Crippen molar-refractivity contribution in [3.63, 3.8) is 0 Å². The molecule has 2 heterocycles. The number of esters is 1. The van der Waals surface area contributed by atoms with Gasteiger partial charge in [0.1, 0.15) is 0 Å². The second-order valence-electron chi connectivity index (χ2n) is 7.74. The van der Waals surface area contributed by atoms with E-state index in [2.05, 4.69) is 33.3 Å². The van der Waals surface area contributed by atoms with Crippen LogP contribution in [0.1, 0.15) is 30.9 Å². The van der Waals surface area contributed by atoms with Gasteiger partial charge in [-0.15, -0.1) is 0 Å². The largest absolute Gasteiger partial charge is 0.466 e. The number of carbonyl (C=O) groups excluding carboxylic acids is 2. The van der Waals surface area contributed by atoms with Gasteiger partial charge in [0, 0.05) is 26.2 Å². The topological polar surface area (TPSA) is 71.1 Å². The number of morpholine rings is 1. The van der Waals surface area contributed by atoms with Crippen LogP contribution in [-0.4, -0.2) is 74.2 Å². The maximum Gasteiger partial charge on any atom is 0.309 e. The van der Waals surface area contributed by atoms with Crippen molar-refractivity contribution in [2.45, 2.75) is 32.9 Å². The van der Waals surface area contributed by atoms with Crippen molar-refractivity contribution >= 4 is 11.9 Å². The Kier molecular flexibility index (Phi) is 8.46. The summed E-state index contributed by atoms with van der Waals surface area (Å²) in [5.41, 5.74) is 2.42. The number of nitrogens with zero attached hydrogens (tertiary/aromatic N) is 2. The first kappa shape index (κ1) is 21.7. The lowest BCUT2D eigenvalue weighted by Gasteiger charge is -2.30. The highest BCUT2D eigenvalue weighted by molar-refractivity contribution is 5.78. The molecule has 160 valence electrons. The van der Waals surface area contributed by atoms with Gasteiger partial charge in [0.15, 0.2) is 0 Å². The van der Waals surface area contributed by atoms with E-state index in [9.17, 15) is 9.59 Å². The predicted octanol–water partition coefficient (Wildman–Crippen LogP) is 1.41. The third-order valence-corrected chi connectivity index (χ3v) is 5.67. The van der Waals surface area contributed by atoms with E-state index in [0.717, 1.165) is 64.3 Å². The van der Waals surface area contributed by atoms with Crippen LogP contribution in [0.5, 0.6) is 0 Å². The van der Waals surface area contributed by atoms with Crippen molar-refractivity contribution in [3.05, 3.63) is 35.4 Å². The summed E-state index contributed by atoms with van der Waals surface area (Å²) in [5.74, 6) is -0.101. The Morgan fingerprint density at radius 2 is 1.76 bits per heavy atom. The highest BCUT2D eigenvalue weighted by Gasteiger charge is 2.26. The zero-order valence-corrected chi connectivity index (χ0v) is 17.4. The lowest BCUT2D eigenvalue weighted by molar-refractivity contribution is -0.149. The molecule has 1 N–H and O–H groups in total. The SMILES string of the molecule is CCOC(=O)C1CCN(CC(=O)NCc2ccccc2CN2CCOCC2)CC1. The van der Waals surface area contributed by atoms with Crippen LogP contribution in [-0.2, 0) is 32.2 Å². The maximum absolute atomic E-state index is 12.4. The summed E-state index contributed by atoms with van der Waals surface area (Å²) < 4.78 is 10.5. The second kappa shape index (κ2) is 11.3. The molecule has 2 aliphatic rings. The summed E-state index contributed by atoms with van der Waals surface area (Å²) in [4.78, 5) is 28.8. The Morgan fingerprint density at radius 1 is 1.07 bits per heavy atom. The van der Waals surface area contributed by atoms with Crippen LogP contribution in [0.15, 0.2) is 24.3 Å². The molecule has 0 aliphatic carbocycles. The van der Waals surface area contributed by atoms with Crippen LogP contribution in [0, 0.1) is 5.92 Å². The fraction of sp³-hybridized carbons (Fsp3) is 0.636. The van der Waals surface area contributed by atoms with E-state index in [-0.39, 0.29) is 17.8 Å². The molecule has 0 saturated carbocycles. The fourth-order valence-corrected chi connectivity index (χ4v) is 3.92. The minimum absolute atomic E-state index is 0.0266. The first-order chi connectivity index (χ1) is 14.2. The molecule has 0 radical (unpaired) electrons. The second-order valence-corrected chi connectivity index (χ2v) is 7.74. The molecule has 7 nitrogen and oxygen atoms in total. The van der Waals surface area contributed by atoms with Crippen molar-refractivity contribution in [1.82, 2.24) is 15.1 Å². The van der Waals surface area contributed by atoms with Gasteiger partial charge in [-0.05, 0) is 44.0 Å². The minimum Gasteiger partial charge on any atom is -0.466 e. The molecular weight excluding hydrogens is 370 g/mol. The predicted molar refractivity (Wildman–Crippen MR) is 110 cm³/mol. The maximum atomic E-state index is 12.4. The average molecular weight is 404 g/mol. The van der Waals surface area contributed by atoms with Gasteiger partial charge >= 0.3 is 5.97 Å². The number of piperidine rings is 1. The van der Waals surface area contributed by atoms with Crippen molar-refractivity contribution in [1.29, 1.82) is 0 Å². The number of amides is 1. The van der Waals surface area contributed by atoms with Gasteiger partial charge in [-0.25, -0.2) is 0 Å². The van der Waals surface area contributed by atoms with E-state index >= 15 is 0 Å². The Labute approximate surface area is 173 Å². The molecule has 2 aliphatic heterocycles. The van der Waals surface area contributed by atoms with Gasteiger partial charge in [0.25, 0.3) is 0 Å². The van der Waals surface area contributed by atoms with Crippen LogP contribution in [0.25, 0.3) is 0 Å². The Morgan fingerprint density at radius 3 is 2.45 bits per heavy atom. The zero-order chi connectivity index (χ0) is 20.5. The molecule has 0 atom stereocenters. The molecule has 7 heteroatoms. The molecule has 2 fully saturated rings. The van der Waals surface area contributed by atoms with Crippen LogP contribution >= 0.6 is 0 Å². The van der Waals surface area contributed by atoms with Gasteiger partial charge in [-0.3, -0.25) is 19.4 Å². The number of ether oxygens (including phenoxy) is 2. The van der Waals surface area contributed by atoms with Gasteiger partial charge < -0.3 is 14.8 Å². The van der Waals surface area contributed by atoms with Gasteiger partial charge in [-0.1, -0.05) is 24.3 Å². The van der Waals surface area contributed by atoms with Gasteiger partial charge in [0.05, 0.1) is 32.3 Å². The molecular formula is C22H33N3O4. The standard InChI is InChI=1S/C22H33N3O4/c1-2-29-22(27)18-7-9-24(10-8-18)17-21(26)23-15-19-5-3-4-6-20(19)16-25-11-13-28-14-12-25/h3-6,18H,2,7-17H2,1H3,(H,23,26). The highest BCUT2D eigenvalue weighted by Crippen LogP contribution is 2.18. The number of benzene rings is 1. The van der Waals surface area contributed by atoms with Crippen molar-refractivity contribution in [3.8, 4) is 0 Å². The monoisotopic (exact) mass is 403 g/mol. The van der Waals surface area contributed by atoms with Crippen molar-refractivity contribution < 1.29 is 19.1 Å².